The topological polar surface area (TPSA) is 0 Å². The summed E-state index contributed by atoms with van der Waals surface area (Å²) in [5.41, 5.74) is 4.61. The van der Waals surface area contributed by atoms with Gasteiger partial charge in [-0.1, -0.05) is 37.6 Å². The summed E-state index contributed by atoms with van der Waals surface area (Å²) in [5, 5.41) is 0. The third kappa shape index (κ3) is 4.14. The lowest BCUT2D eigenvalue weighted by atomic mass is 9.79. The van der Waals surface area contributed by atoms with Crippen molar-refractivity contribution < 1.29 is 17.6 Å². The van der Waals surface area contributed by atoms with Gasteiger partial charge in [-0.15, -0.1) is 0 Å². The molecule has 0 saturated carbocycles. The second-order valence-electron chi connectivity index (χ2n) is 8.14. The second-order valence-corrected chi connectivity index (χ2v) is 8.14. The van der Waals surface area contributed by atoms with Crippen molar-refractivity contribution in [3.63, 3.8) is 0 Å². The van der Waals surface area contributed by atoms with Crippen LogP contribution in [0.3, 0.4) is 0 Å². The van der Waals surface area contributed by atoms with Gasteiger partial charge in [0.05, 0.1) is 0 Å². The van der Waals surface area contributed by atoms with E-state index in [0.29, 0.717) is 5.92 Å². The van der Waals surface area contributed by atoms with Crippen LogP contribution < -0.4 is 0 Å². The Labute approximate surface area is 174 Å². The summed E-state index contributed by atoms with van der Waals surface area (Å²) in [6.45, 7) is 2.18. The zero-order valence-electron chi connectivity index (χ0n) is 17.0. The van der Waals surface area contributed by atoms with Crippen molar-refractivity contribution >= 4 is 0 Å². The van der Waals surface area contributed by atoms with Crippen molar-refractivity contribution in [3.8, 4) is 11.1 Å². The SMILES string of the molecule is CCCCc1ccc(C2CCc3cc(-c4cc(F)c(F)c(F)c4)c(F)cc3C2)cc1. The molecule has 4 rings (SSSR count). The lowest BCUT2D eigenvalue weighted by molar-refractivity contribution is 0.447. The van der Waals surface area contributed by atoms with Gasteiger partial charge in [0.15, 0.2) is 17.5 Å². The van der Waals surface area contributed by atoms with Gasteiger partial charge in [-0.3, -0.25) is 0 Å². The molecule has 1 aliphatic carbocycles. The van der Waals surface area contributed by atoms with E-state index in [-0.39, 0.29) is 11.1 Å². The highest BCUT2D eigenvalue weighted by molar-refractivity contribution is 5.66. The fourth-order valence-electron chi connectivity index (χ4n) is 4.33. The van der Waals surface area contributed by atoms with Crippen LogP contribution in [0.25, 0.3) is 11.1 Å². The average Bonchev–Trinajstić information content (AvgIpc) is 2.75. The molecule has 0 amide bonds. The van der Waals surface area contributed by atoms with E-state index in [1.165, 1.54) is 30.0 Å². The van der Waals surface area contributed by atoms with Gasteiger partial charge < -0.3 is 0 Å². The molecule has 0 radical (unpaired) electrons. The number of hydrogen-bond acceptors (Lipinski definition) is 0. The Morgan fingerprint density at radius 3 is 2.20 bits per heavy atom. The van der Waals surface area contributed by atoms with Crippen LogP contribution in [0.1, 0.15) is 54.4 Å². The Morgan fingerprint density at radius 2 is 1.53 bits per heavy atom. The molecule has 1 unspecified atom stereocenters. The molecule has 0 nitrogen and oxygen atoms in total. The minimum Gasteiger partial charge on any atom is -0.206 e. The van der Waals surface area contributed by atoms with Gasteiger partial charge >= 0.3 is 0 Å². The third-order valence-electron chi connectivity index (χ3n) is 6.08. The molecule has 0 aliphatic heterocycles. The molecule has 3 aromatic rings. The lowest BCUT2D eigenvalue weighted by Crippen LogP contribution is -2.13. The van der Waals surface area contributed by atoms with E-state index in [4.69, 9.17) is 0 Å². The Bertz CT molecular complexity index is 1030. The van der Waals surface area contributed by atoms with Gasteiger partial charge in [-0.05, 0) is 90.1 Å². The minimum absolute atomic E-state index is 0.0106. The van der Waals surface area contributed by atoms with Gasteiger partial charge in [0.25, 0.3) is 0 Å². The van der Waals surface area contributed by atoms with Crippen LogP contribution in [0.4, 0.5) is 17.6 Å². The van der Waals surface area contributed by atoms with E-state index in [1.54, 1.807) is 6.07 Å². The van der Waals surface area contributed by atoms with E-state index in [9.17, 15) is 17.6 Å². The van der Waals surface area contributed by atoms with Gasteiger partial charge in [0.1, 0.15) is 5.82 Å². The van der Waals surface area contributed by atoms with Crippen LogP contribution in [0, 0.1) is 23.3 Å². The molecule has 4 heteroatoms. The fourth-order valence-corrected chi connectivity index (χ4v) is 4.33. The lowest BCUT2D eigenvalue weighted by Gasteiger charge is -2.26. The smallest absolute Gasteiger partial charge is 0.194 e. The van der Waals surface area contributed by atoms with E-state index in [2.05, 4.69) is 31.2 Å². The first-order valence-corrected chi connectivity index (χ1v) is 10.5. The van der Waals surface area contributed by atoms with Crippen LogP contribution in [0.15, 0.2) is 48.5 Å². The molecule has 0 N–H and O–H groups in total. The Balaban J connectivity index is 1.57. The number of hydrogen-bond donors (Lipinski definition) is 0. The summed E-state index contributed by atoms with van der Waals surface area (Å²) in [6.07, 6.45) is 5.86. The van der Waals surface area contributed by atoms with Crippen molar-refractivity contribution in [3.05, 3.63) is 94.1 Å². The fraction of sp³-hybridized carbons (Fsp3) is 0.308. The Morgan fingerprint density at radius 1 is 0.833 bits per heavy atom. The van der Waals surface area contributed by atoms with E-state index in [1.807, 2.05) is 0 Å². The molecule has 30 heavy (non-hydrogen) atoms. The summed E-state index contributed by atoms with van der Waals surface area (Å²) in [6, 6.07) is 13.5. The maximum atomic E-state index is 14.8. The van der Waals surface area contributed by atoms with E-state index in [0.717, 1.165) is 48.9 Å². The summed E-state index contributed by atoms with van der Waals surface area (Å²) < 4.78 is 55.2. The number of rotatable bonds is 5. The van der Waals surface area contributed by atoms with Crippen molar-refractivity contribution in [1.29, 1.82) is 0 Å². The minimum atomic E-state index is -1.54. The van der Waals surface area contributed by atoms with Crippen LogP contribution in [-0.4, -0.2) is 0 Å². The summed E-state index contributed by atoms with van der Waals surface area (Å²) in [7, 11) is 0. The largest absolute Gasteiger partial charge is 0.206 e. The van der Waals surface area contributed by atoms with Crippen LogP contribution in [0.5, 0.6) is 0 Å². The number of fused-ring (bicyclic) bond motifs is 1. The Kier molecular flexibility index (Phi) is 5.94. The average molecular weight is 412 g/mol. The second kappa shape index (κ2) is 8.63. The number of unbranched alkanes of at least 4 members (excludes halogenated alkanes) is 1. The maximum absolute atomic E-state index is 14.8. The summed E-state index contributed by atoms with van der Waals surface area (Å²) in [4.78, 5) is 0. The number of halogens is 4. The van der Waals surface area contributed by atoms with Gasteiger partial charge in [-0.25, -0.2) is 17.6 Å². The molecular weight excluding hydrogens is 388 g/mol. The normalized spacial score (nSPS) is 15.8. The van der Waals surface area contributed by atoms with E-state index >= 15 is 0 Å². The van der Waals surface area contributed by atoms with Crippen molar-refractivity contribution in [2.75, 3.05) is 0 Å². The first kappa shape index (κ1) is 20.6. The number of aryl methyl sites for hydroxylation is 2. The van der Waals surface area contributed by atoms with Crippen molar-refractivity contribution in [2.45, 2.75) is 51.4 Å². The first-order valence-electron chi connectivity index (χ1n) is 10.5. The summed E-state index contributed by atoms with van der Waals surface area (Å²) >= 11 is 0. The highest BCUT2D eigenvalue weighted by Gasteiger charge is 2.23. The first-order chi connectivity index (χ1) is 14.5. The number of benzene rings is 3. The molecule has 3 aromatic carbocycles. The van der Waals surface area contributed by atoms with Crippen LogP contribution in [0.2, 0.25) is 0 Å². The van der Waals surface area contributed by atoms with Gasteiger partial charge in [-0.2, -0.15) is 0 Å². The predicted molar refractivity (Wildman–Crippen MR) is 112 cm³/mol. The maximum Gasteiger partial charge on any atom is 0.194 e. The molecule has 0 fully saturated rings. The highest BCUT2D eigenvalue weighted by Crippen LogP contribution is 2.36. The predicted octanol–water partition coefficient (Wildman–Crippen LogP) is 7.53. The van der Waals surface area contributed by atoms with Gasteiger partial charge in [0, 0.05) is 5.56 Å². The molecule has 0 aromatic heterocycles. The molecule has 0 heterocycles. The van der Waals surface area contributed by atoms with Gasteiger partial charge in [0.2, 0.25) is 0 Å². The molecular formula is C26H24F4. The van der Waals surface area contributed by atoms with Crippen LogP contribution >= 0.6 is 0 Å². The van der Waals surface area contributed by atoms with E-state index < -0.39 is 23.3 Å². The third-order valence-corrected chi connectivity index (χ3v) is 6.08. The quantitative estimate of drug-likeness (QED) is 0.300. The zero-order valence-corrected chi connectivity index (χ0v) is 17.0. The zero-order chi connectivity index (χ0) is 21.3. The highest BCUT2D eigenvalue weighted by atomic mass is 19.2. The molecule has 156 valence electrons. The Hall–Kier alpha value is -2.62. The monoisotopic (exact) mass is 412 g/mol. The molecule has 1 aliphatic rings. The molecule has 0 saturated heterocycles. The molecule has 1 atom stereocenters. The van der Waals surface area contributed by atoms with Crippen LogP contribution in [-0.2, 0) is 19.3 Å². The molecule has 0 bridgehead atoms. The standard InChI is InChI=1S/C26H24F4/c1-2-3-4-16-5-7-17(8-6-16)18-9-10-19-12-22(23(27)13-20(19)11-18)21-14-24(28)26(30)25(29)15-21/h5-8,12-15,18H,2-4,9-11H2,1H3. The molecule has 0 spiro atoms. The van der Waals surface area contributed by atoms with Crippen molar-refractivity contribution in [1.82, 2.24) is 0 Å². The summed E-state index contributed by atoms with van der Waals surface area (Å²) in [5.74, 6) is -4.40. The van der Waals surface area contributed by atoms with Crippen molar-refractivity contribution in [2.24, 2.45) is 0 Å².